The van der Waals surface area contributed by atoms with Gasteiger partial charge in [0, 0.05) is 42.8 Å². The van der Waals surface area contributed by atoms with Crippen molar-refractivity contribution in [2.45, 2.75) is 6.92 Å². The average molecular weight is 460 g/mol. The lowest BCUT2D eigenvalue weighted by Crippen LogP contribution is -2.48. The number of anilines is 2. The van der Waals surface area contributed by atoms with E-state index in [4.69, 9.17) is 11.6 Å². The van der Waals surface area contributed by atoms with Crippen LogP contribution in [0.5, 0.6) is 0 Å². The van der Waals surface area contributed by atoms with Gasteiger partial charge in [-0.15, -0.1) is 0 Å². The third kappa shape index (κ3) is 5.82. The second-order valence-corrected chi connectivity index (χ2v) is 8.48. The number of piperazine rings is 1. The quantitative estimate of drug-likeness (QED) is 0.529. The standard InChI is InChI=1S/C27H26ClN3O2/c1-20-6-5-9-22(18-20)27(33)29-24-19-23(28)11-12-25(24)30-14-16-31(17-15-30)26(32)13-10-21-7-3-2-4-8-21/h2-13,18-19H,14-17H2,1H3,(H,29,33)/b13-10+. The van der Waals surface area contributed by atoms with Crippen molar-refractivity contribution in [2.24, 2.45) is 0 Å². The van der Waals surface area contributed by atoms with Crippen LogP contribution in [0.25, 0.3) is 6.08 Å². The molecule has 0 unspecified atom stereocenters. The summed E-state index contributed by atoms with van der Waals surface area (Å²) in [5.41, 5.74) is 4.18. The number of carbonyl (C=O) groups excluding carboxylic acids is 2. The maximum Gasteiger partial charge on any atom is 0.255 e. The molecule has 1 N–H and O–H groups in total. The van der Waals surface area contributed by atoms with Gasteiger partial charge in [-0.2, -0.15) is 0 Å². The van der Waals surface area contributed by atoms with Crippen LogP contribution < -0.4 is 10.2 Å². The number of hydrogen-bond donors (Lipinski definition) is 1. The molecule has 0 saturated carbocycles. The van der Waals surface area contributed by atoms with Crippen LogP contribution in [0.2, 0.25) is 5.02 Å². The van der Waals surface area contributed by atoms with Gasteiger partial charge in [-0.3, -0.25) is 9.59 Å². The molecule has 1 saturated heterocycles. The molecule has 4 rings (SSSR count). The highest BCUT2D eigenvalue weighted by Crippen LogP contribution is 2.30. The molecule has 1 aliphatic heterocycles. The van der Waals surface area contributed by atoms with E-state index in [0.717, 1.165) is 16.8 Å². The molecule has 1 aliphatic rings. The summed E-state index contributed by atoms with van der Waals surface area (Å²) in [6, 6.07) is 22.8. The molecule has 5 nitrogen and oxygen atoms in total. The lowest BCUT2D eigenvalue weighted by Gasteiger charge is -2.36. The van der Waals surface area contributed by atoms with Crippen molar-refractivity contribution in [1.82, 2.24) is 4.90 Å². The SMILES string of the molecule is Cc1cccc(C(=O)Nc2cc(Cl)ccc2N2CCN(C(=O)/C=C/c3ccccc3)CC2)c1. The minimum atomic E-state index is -0.179. The van der Waals surface area contributed by atoms with Crippen LogP contribution in [0.3, 0.4) is 0 Å². The molecule has 33 heavy (non-hydrogen) atoms. The molecule has 3 aromatic carbocycles. The number of carbonyl (C=O) groups is 2. The highest BCUT2D eigenvalue weighted by molar-refractivity contribution is 6.31. The Bertz CT molecular complexity index is 1170. The molecule has 0 aromatic heterocycles. The van der Waals surface area contributed by atoms with Crippen LogP contribution in [0.1, 0.15) is 21.5 Å². The Hall–Kier alpha value is -3.57. The van der Waals surface area contributed by atoms with E-state index in [-0.39, 0.29) is 11.8 Å². The monoisotopic (exact) mass is 459 g/mol. The number of hydrogen-bond acceptors (Lipinski definition) is 3. The molecule has 0 radical (unpaired) electrons. The minimum absolute atomic E-state index is 0.00239. The highest BCUT2D eigenvalue weighted by Gasteiger charge is 2.22. The van der Waals surface area contributed by atoms with Crippen LogP contribution in [-0.2, 0) is 4.79 Å². The van der Waals surface area contributed by atoms with E-state index in [2.05, 4.69) is 10.2 Å². The fourth-order valence-corrected chi connectivity index (χ4v) is 4.04. The van der Waals surface area contributed by atoms with Crippen molar-refractivity contribution < 1.29 is 9.59 Å². The molecule has 6 heteroatoms. The molecule has 0 aliphatic carbocycles. The minimum Gasteiger partial charge on any atom is -0.366 e. The van der Waals surface area contributed by atoms with Gasteiger partial charge in [0.1, 0.15) is 0 Å². The predicted octanol–water partition coefficient (Wildman–Crippen LogP) is 5.26. The Morgan fingerprint density at radius 2 is 1.67 bits per heavy atom. The van der Waals surface area contributed by atoms with Gasteiger partial charge in [0.15, 0.2) is 0 Å². The Morgan fingerprint density at radius 1 is 0.909 bits per heavy atom. The van der Waals surface area contributed by atoms with Crippen LogP contribution in [0.4, 0.5) is 11.4 Å². The second-order valence-electron chi connectivity index (χ2n) is 8.04. The fourth-order valence-electron chi connectivity index (χ4n) is 3.87. The van der Waals surface area contributed by atoms with E-state index in [1.807, 2.05) is 78.6 Å². The van der Waals surface area contributed by atoms with Gasteiger partial charge in [0.05, 0.1) is 11.4 Å². The Labute approximate surface area is 199 Å². The largest absolute Gasteiger partial charge is 0.366 e. The molecule has 0 atom stereocenters. The number of halogens is 1. The zero-order valence-corrected chi connectivity index (χ0v) is 19.3. The zero-order valence-electron chi connectivity index (χ0n) is 18.5. The van der Waals surface area contributed by atoms with Crippen LogP contribution in [-0.4, -0.2) is 42.9 Å². The van der Waals surface area contributed by atoms with Crippen molar-refractivity contribution in [3.8, 4) is 0 Å². The second kappa shape index (κ2) is 10.4. The van der Waals surface area contributed by atoms with Crippen LogP contribution in [0.15, 0.2) is 78.9 Å². The molecule has 0 spiro atoms. The summed E-state index contributed by atoms with van der Waals surface area (Å²) in [6.45, 7) is 4.49. The number of nitrogens with one attached hydrogen (secondary N) is 1. The Balaban J connectivity index is 1.42. The molecular weight excluding hydrogens is 434 g/mol. The molecule has 168 valence electrons. The Morgan fingerprint density at radius 3 is 2.39 bits per heavy atom. The lowest BCUT2D eigenvalue weighted by atomic mass is 10.1. The third-order valence-corrected chi connectivity index (χ3v) is 5.87. The topological polar surface area (TPSA) is 52.7 Å². The first-order valence-electron chi connectivity index (χ1n) is 10.9. The summed E-state index contributed by atoms with van der Waals surface area (Å²) in [5.74, 6) is -0.176. The molecule has 1 fully saturated rings. The van der Waals surface area contributed by atoms with E-state index in [1.54, 1.807) is 18.2 Å². The van der Waals surface area contributed by atoms with Gasteiger partial charge in [-0.25, -0.2) is 0 Å². The molecule has 2 amide bonds. The summed E-state index contributed by atoms with van der Waals surface area (Å²) in [7, 11) is 0. The van der Waals surface area contributed by atoms with Gasteiger partial charge in [0.25, 0.3) is 5.91 Å². The highest BCUT2D eigenvalue weighted by atomic mass is 35.5. The smallest absolute Gasteiger partial charge is 0.255 e. The van der Waals surface area contributed by atoms with Gasteiger partial charge in [-0.1, -0.05) is 59.6 Å². The van der Waals surface area contributed by atoms with Crippen LogP contribution in [0, 0.1) is 6.92 Å². The number of rotatable bonds is 5. The summed E-state index contributed by atoms with van der Waals surface area (Å²) >= 11 is 6.23. The molecule has 0 bridgehead atoms. The van der Waals surface area contributed by atoms with E-state index >= 15 is 0 Å². The van der Waals surface area contributed by atoms with Gasteiger partial charge >= 0.3 is 0 Å². The molecule has 3 aromatic rings. The van der Waals surface area contributed by atoms with Gasteiger partial charge < -0.3 is 15.1 Å². The van der Waals surface area contributed by atoms with Crippen molar-refractivity contribution in [3.05, 3.63) is 101 Å². The van der Waals surface area contributed by atoms with Gasteiger partial charge in [-0.05, 0) is 48.9 Å². The summed E-state index contributed by atoms with van der Waals surface area (Å²) in [6.07, 6.45) is 3.47. The first-order chi connectivity index (χ1) is 16.0. The number of aryl methyl sites for hydroxylation is 1. The van der Waals surface area contributed by atoms with Gasteiger partial charge in [0.2, 0.25) is 5.91 Å². The fraction of sp³-hybridized carbons (Fsp3) is 0.185. The summed E-state index contributed by atoms with van der Waals surface area (Å²) in [5, 5.41) is 3.56. The van der Waals surface area contributed by atoms with E-state index in [0.29, 0.717) is 42.5 Å². The van der Waals surface area contributed by atoms with E-state index in [1.165, 1.54) is 0 Å². The Kier molecular flexibility index (Phi) is 7.10. The maximum absolute atomic E-state index is 12.8. The molecular formula is C27H26ClN3O2. The average Bonchev–Trinajstić information content (AvgIpc) is 2.83. The van der Waals surface area contributed by atoms with Crippen LogP contribution >= 0.6 is 11.6 Å². The molecule has 1 heterocycles. The number of benzene rings is 3. The zero-order chi connectivity index (χ0) is 23.2. The van der Waals surface area contributed by atoms with E-state index < -0.39 is 0 Å². The lowest BCUT2D eigenvalue weighted by molar-refractivity contribution is -0.126. The number of nitrogens with zero attached hydrogens (tertiary/aromatic N) is 2. The predicted molar refractivity (Wildman–Crippen MR) is 135 cm³/mol. The summed E-state index contributed by atoms with van der Waals surface area (Å²) < 4.78 is 0. The third-order valence-electron chi connectivity index (χ3n) is 5.64. The van der Waals surface area contributed by atoms with E-state index in [9.17, 15) is 9.59 Å². The number of amides is 2. The first-order valence-corrected chi connectivity index (χ1v) is 11.3. The summed E-state index contributed by atoms with van der Waals surface area (Å²) in [4.78, 5) is 29.4. The normalized spacial score (nSPS) is 13.9. The first kappa shape index (κ1) is 22.6. The van der Waals surface area contributed by atoms with Crippen molar-refractivity contribution in [2.75, 3.05) is 36.4 Å². The maximum atomic E-state index is 12.8. The van der Waals surface area contributed by atoms with Crippen molar-refractivity contribution in [3.63, 3.8) is 0 Å². The van der Waals surface area contributed by atoms with Crippen molar-refractivity contribution >= 4 is 40.9 Å². The van der Waals surface area contributed by atoms with Crippen molar-refractivity contribution in [1.29, 1.82) is 0 Å².